The number of nitrogens with one attached hydrogen (secondary N) is 2. The summed E-state index contributed by atoms with van der Waals surface area (Å²) in [7, 11) is -3.50. The van der Waals surface area contributed by atoms with E-state index in [0.717, 1.165) is 18.6 Å². The van der Waals surface area contributed by atoms with E-state index in [1.165, 1.54) is 12.1 Å². The minimum Gasteiger partial charge on any atom is -0.325 e. The minimum absolute atomic E-state index is 0.0676. The maximum Gasteiger partial charge on any atom is 0.240 e. The molecule has 1 rings (SSSR count). The number of carbonyl (C=O) groups is 1. The second kappa shape index (κ2) is 9.30. The highest BCUT2D eigenvalue weighted by Gasteiger charge is 2.16. The van der Waals surface area contributed by atoms with E-state index in [0.29, 0.717) is 5.69 Å². The number of hydrogen-bond donors (Lipinski definition) is 2. The molecule has 1 atom stereocenters. The molecule has 0 aliphatic heterocycles. The molecule has 0 saturated carbocycles. The number of sulfonamides is 1. The van der Waals surface area contributed by atoms with Crippen molar-refractivity contribution in [1.82, 2.24) is 4.72 Å². The molecule has 2 N–H and O–H groups in total. The Morgan fingerprint density at radius 1 is 1.17 bits per heavy atom. The molecule has 0 aliphatic carbocycles. The first-order valence-corrected chi connectivity index (χ1v) is 10.3. The van der Waals surface area contributed by atoms with Gasteiger partial charge >= 0.3 is 0 Å². The van der Waals surface area contributed by atoms with Gasteiger partial charge in [0.15, 0.2) is 0 Å². The first-order valence-electron chi connectivity index (χ1n) is 7.81. The van der Waals surface area contributed by atoms with E-state index in [-0.39, 0.29) is 22.1 Å². The van der Waals surface area contributed by atoms with E-state index < -0.39 is 10.0 Å². The van der Waals surface area contributed by atoms with Crippen LogP contribution < -0.4 is 10.0 Å². The molecule has 0 heterocycles. The van der Waals surface area contributed by atoms with Crippen molar-refractivity contribution >= 4 is 33.4 Å². The Morgan fingerprint density at radius 2 is 1.78 bits per heavy atom. The number of benzene rings is 1. The summed E-state index contributed by atoms with van der Waals surface area (Å²) in [6, 6.07) is 6.04. The molecule has 23 heavy (non-hydrogen) atoms. The summed E-state index contributed by atoms with van der Waals surface area (Å²) >= 11 is 1.62. The van der Waals surface area contributed by atoms with E-state index in [4.69, 9.17) is 0 Å². The predicted molar refractivity (Wildman–Crippen MR) is 97.4 cm³/mol. The Labute approximate surface area is 143 Å². The van der Waals surface area contributed by atoms with Crippen molar-refractivity contribution in [2.45, 2.75) is 56.7 Å². The SMILES string of the molecule is CCCCSC(C)C(=O)Nc1ccc(S(=O)(=O)NC(C)C)cc1. The standard InChI is InChI=1S/C16H26N2O3S2/c1-5-6-11-22-13(4)16(19)17-14-7-9-15(10-8-14)23(20,21)18-12(2)3/h7-10,12-13,18H,5-6,11H2,1-4H3,(H,17,19). The highest BCUT2D eigenvalue weighted by molar-refractivity contribution is 8.00. The molecule has 0 saturated heterocycles. The van der Waals surface area contributed by atoms with Crippen molar-refractivity contribution in [3.8, 4) is 0 Å². The first-order chi connectivity index (χ1) is 10.8. The van der Waals surface area contributed by atoms with Crippen LogP contribution in [0, 0.1) is 0 Å². The second-order valence-corrected chi connectivity index (χ2v) is 8.82. The molecule has 1 amide bonds. The van der Waals surface area contributed by atoms with Gasteiger partial charge in [0.1, 0.15) is 0 Å². The van der Waals surface area contributed by atoms with Crippen LogP contribution >= 0.6 is 11.8 Å². The maximum absolute atomic E-state index is 12.1. The fourth-order valence-electron chi connectivity index (χ4n) is 1.82. The van der Waals surface area contributed by atoms with Crippen molar-refractivity contribution in [3.63, 3.8) is 0 Å². The summed E-state index contributed by atoms with van der Waals surface area (Å²) in [5.74, 6) is 0.894. The third-order valence-electron chi connectivity index (χ3n) is 3.06. The molecule has 0 bridgehead atoms. The number of unbranched alkanes of at least 4 members (excludes halogenated alkanes) is 1. The highest BCUT2D eigenvalue weighted by atomic mass is 32.2. The summed E-state index contributed by atoms with van der Waals surface area (Å²) in [6.07, 6.45) is 2.21. The van der Waals surface area contributed by atoms with Crippen LogP contribution in [0.5, 0.6) is 0 Å². The summed E-state index contributed by atoms with van der Waals surface area (Å²) in [4.78, 5) is 12.3. The van der Waals surface area contributed by atoms with Gasteiger partial charge in [-0.05, 0) is 57.2 Å². The Bertz CT molecular complexity index is 598. The van der Waals surface area contributed by atoms with Crippen LogP contribution in [0.3, 0.4) is 0 Å². The number of anilines is 1. The Kier molecular flexibility index (Phi) is 8.08. The molecule has 1 aromatic carbocycles. The molecule has 0 radical (unpaired) electrons. The summed E-state index contributed by atoms with van der Waals surface area (Å²) in [6.45, 7) is 7.53. The molecular formula is C16H26N2O3S2. The molecule has 130 valence electrons. The van der Waals surface area contributed by atoms with E-state index in [1.807, 2.05) is 6.92 Å². The third kappa shape index (κ3) is 6.93. The van der Waals surface area contributed by atoms with Crippen molar-refractivity contribution in [3.05, 3.63) is 24.3 Å². The van der Waals surface area contributed by atoms with Gasteiger partial charge in [0.25, 0.3) is 0 Å². The fourth-order valence-corrected chi connectivity index (χ4v) is 4.09. The van der Waals surface area contributed by atoms with E-state index in [2.05, 4.69) is 17.0 Å². The predicted octanol–water partition coefficient (Wildman–Crippen LogP) is 3.23. The van der Waals surface area contributed by atoms with E-state index in [9.17, 15) is 13.2 Å². The number of hydrogen-bond acceptors (Lipinski definition) is 4. The van der Waals surface area contributed by atoms with Gasteiger partial charge in [-0.25, -0.2) is 13.1 Å². The lowest BCUT2D eigenvalue weighted by Crippen LogP contribution is -2.30. The molecule has 5 nitrogen and oxygen atoms in total. The van der Waals surface area contributed by atoms with E-state index >= 15 is 0 Å². The monoisotopic (exact) mass is 358 g/mol. The molecule has 0 spiro atoms. The Hall–Kier alpha value is -1.05. The largest absolute Gasteiger partial charge is 0.325 e. The lowest BCUT2D eigenvalue weighted by molar-refractivity contribution is -0.115. The highest BCUT2D eigenvalue weighted by Crippen LogP contribution is 2.18. The summed E-state index contributed by atoms with van der Waals surface area (Å²) in [5, 5.41) is 2.68. The molecule has 1 unspecified atom stereocenters. The minimum atomic E-state index is -3.50. The van der Waals surface area contributed by atoms with Crippen LogP contribution in [0.1, 0.15) is 40.5 Å². The maximum atomic E-state index is 12.1. The van der Waals surface area contributed by atoms with Crippen LogP contribution in [-0.4, -0.2) is 31.4 Å². The fraction of sp³-hybridized carbons (Fsp3) is 0.562. The molecule has 7 heteroatoms. The van der Waals surface area contributed by atoms with Crippen LogP contribution in [0.2, 0.25) is 0 Å². The summed E-state index contributed by atoms with van der Waals surface area (Å²) < 4.78 is 26.6. The van der Waals surface area contributed by atoms with Gasteiger partial charge in [-0.1, -0.05) is 13.3 Å². The van der Waals surface area contributed by atoms with Gasteiger partial charge in [0.2, 0.25) is 15.9 Å². The Balaban J connectivity index is 2.65. The zero-order valence-corrected chi connectivity index (χ0v) is 15.8. The van der Waals surface area contributed by atoms with Gasteiger partial charge in [0, 0.05) is 11.7 Å². The number of thioether (sulfide) groups is 1. The van der Waals surface area contributed by atoms with Gasteiger partial charge in [-0.2, -0.15) is 0 Å². The van der Waals surface area contributed by atoms with Gasteiger partial charge in [0.05, 0.1) is 10.1 Å². The molecule has 0 aromatic heterocycles. The number of rotatable bonds is 9. The zero-order valence-electron chi connectivity index (χ0n) is 14.1. The van der Waals surface area contributed by atoms with Crippen LogP contribution in [-0.2, 0) is 14.8 Å². The number of amides is 1. The van der Waals surface area contributed by atoms with Crippen molar-refractivity contribution in [2.75, 3.05) is 11.1 Å². The average molecular weight is 359 g/mol. The second-order valence-electron chi connectivity index (χ2n) is 5.66. The van der Waals surface area contributed by atoms with Crippen molar-refractivity contribution < 1.29 is 13.2 Å². The quantitative estimate of drug-likeness (QED) is 0.665. The van der Waals surface area contributed by atoms with E-state index in [1.54, 1.807) is 37.7 Å². The molecule has 0 aliphatic rings. The average Bonchev–Trinajstić information content (AvgIpc) is 2.46. The van der Waals surface area contributed by atoms with Gasteiger partial charge in [-0.15, -0.1) is 11.8 Å². The van der Waals surface area contributed by atoms with Crippen LogP contribution in [0.4, 0.5) is 5.69 Å². The van der Waals surface area contributed by atoms with Gasteiger partial charge < -0.3 is 5.32 Å². The summed E-state index contributed by atoms with van der Waals surface area (Å²) in [5.41, 5.74) is 0.599. The normalized spacial score (nSPS) is 13.1. The molecule has 1 aromatic rings. The lowest BCUT2D eigenvalue weighted by atomic mass is 10.3. The van der Waals surface area contributed by atoms with Crippen LogP contribution in [0.25, 0.3) is 0 Å². The van der Waals surface area contributed by atoms with Crippen LogP contribution in [0.15, 0.2) is 29.2 Å². The zero-order chi connectivity index (χ0) is 17.5. The Morgan fingerprint density at radius 3 is 2.30 bits per heavy atom. The van der Waals surface area contributed by atoms with Gasteiger partial charge in [-0.3, -0.25) is 4.79 Å². The number of carbonyl (C=O) groups excluding carboxylic acids is 1. The molecule has 0 fully saturated rings. The lowest BCUT2D eigenvalue weighted by Gasteiger charge is -2.13. The van der Waals surface area contributed by atoms with Crippen molar-refractivity contribution in [1.29, 1.82) is 0 Å². The van der Waals surface area contributed by atoms with Crippen molar-refractivity contribution in [2.24, 2.45) is 0 Å². The molecular weight excluding hydrogens is 332 g/mol. The topological polar surface area (TPSA) is 75.3 Å². The first kappa shape index (κ1) is 20.0. The third-order valence-corrected chi connectivity index (χ3v) is 5.97. The smallest absolute Gasteiger partial charge is 0.240 e.